The van der Waals surface area contributed by atoms with Crippen LogP contribution in [0.25, 0.3) is 0 Å². The van der Waals surface area contributed by atoms with E-state index in [1.54, 1.807) is 12.3 Å². The van der Waals surface area contributed by atoms with Crippen LogP contribution in [0.1, 0.15) is 34.7 Å². The molecule has 0 radical (unpaired) electrons. The summed E-state index contributed by atoms with van der Waals surface area (Å²) < 4.78 is 2.18. The van der Waals surface area contributed by atoms with E-state index >= 15 is 0 Å². The zero-order valence-corrected chi connectivity index (χ0v) is 16.4. The molecule has 4 rings (SSSR count). The van der Waals surface area contributed by atoms with Crippen LogP contribution in [0.2, 0.25) is 0 Å². The van der Waals surface area contributed by atoms with E-state index in [2.05, 4.69) is 41.8 Å². The number of para-hydroxylation sites is 2. The molecule has 1 aliphatic rings. The molecule has 6 heteroatoms. The molecule has 1 saturated heterocycles. The highest BCUT2D eigenvalue weighted by molar-refractivity contribution is 7.80. The monoisotopic (exact) mass is 378 g/mol. The van der Waals surface area contributed by atoms with Gasteiger partial charge in [-0.3, -0.25) is 4.98 Å². The van der Waals surface area contributed by atoms with Crippen molar-refractivity contribution < 1.29 is 5.11 Å². The van der Waals surface area contributed by atoms with E-state index in [-0.39, 0.29) is 17.8 Å². The van der Waals surface area contributed by atoms with Gasteiger partial charge in [0.25, 0.3) is 0 Å². The van der Waals surface area contributed by atoms with E-state index in [4.69, 9.17) is 12.2 Å². The van der Waals surface area contributed by atoms with Crippen molar-refractivity contribution in [1.82, 2.24) is 14.9 Å². The second kappa shape index (κ2) is 6.70. The smallest absolute Gasteiger partial charge is 0.174 e. The summed E-state index contributed by atoms with van der Waals surface area (Å²) >= 11 is 5.69. The fraction of sp³-hybridized carbons (Fsp3) is 0.238. The molecule has 138 valence electrons. The highest BCUT2D eigenvalue weighted by atomic mass is 32.1. The van der Waals surface area contributed by atoms with Crippen LogP contribution in [0, 0.1) is 13.8 Å². The highest BCUT2D eigenvalue weighted by Crippen LogP contribution is 2.45. The van der Waals surface area contributed by atoms with E-state index in [9.17, 15) is 5.11 Å². The molecule has 2 N–H and O–H groups in total. The zero-order valence-electron chi connectivity index (χ0n) is 15.5. The molecule has 0 bridgehead atoms. The first-order valence-electron chi connectivity index (χ1n) is 8.90. The molecule has 1 aliphatic heterocycles. The number of pyridine rings is 1. The van der Waals surface area contributed by atoms with E-state index in [1.807, 2.05) is 41.3 Å². The highest BCUT2D eigenvalue weighted by Gasteiger charge is 2.42. The number of anilines is 1. The molecule has 1 fully saturated rings. The Kier molecular flexibility index (Phi) is 4.36. The van der Waals surface area contributed by atoms with Crippen LogP contribution in [-0.2, 0) is 7.05 Å². The maximum absolute atomic E-state index is 10.5. The predicted molar refractivity (Wildman–Crippen MR) is 111 cm³/mol. The first kappa shape index (κ1) is 17.5. The van der Waals surface area contributed by atoms with E-state index in [1.165, 1.54) is 17.0 Å². The predicted octanol–water partition coefficient (Wildman–Crippen LogP) is 3.92. The first-order chi connectivity index (χ1) is 13.0. The molecule has 1 aromatic carbocycles. The van der Waals surface area contributed by atoms with Crippen LogP contribution in [0.15, 0.2) is 54.7 Å². The van der Waals surface area contributed by atoms with Crippen LogP contribution < -0.4 is 10.2 Å². The molecule has 0 saturated carbocycles. The summed E-state index contributed by atoms with van der Waals surface area (Å²) in [6, 6.07) is 15.2. The summed E-state index contributed by atoms with van der Waals surface area (Å²) in [4.78, 5) is 6.57. The number of phenols is 1. The van der Waals surface area contributed by atoms with E-state index in [0.29, 0.717) is 10.8 Å². The lowest BCUT2D eigenvalue weighted by atomic mass is 9.96. The Labute approximate surface area is 164 Å². The minimum Gasteiger partial charge on any atom is -0.506 e. The average Bonchev–Trinajstić information content (AvgIpc) is 3.14. The van der Waals surface area contributed by atoms with Crippen molar-refractivity contribution >= 4 is 23.0 Å². The van der Waals surface area contributed by atoms with Gasteiger partial charge in [0.2, 0.25) is 0 Å². The number of hydrogen-bond acceptors (Lipinski definition) is 3. The summed E-state index contributed by atoms with van der Waals surface area (Å²) in [6.45, 7) is 4.21. The second-order valence-corrected chi connectivity index (χ2v) is 7.26. The van der Waals surface area contributed by atoms with E-state index in [0.717, 1.165) is 5.69 Å². The maximum atomic E-state index is 10.5. The van der Waals surface area contributed by atoms with Crippen molar-refractivity contribution in [2.75, 3.05) is 4.90 Å². The second-order valence-electron chi connectivity index (χ2n) is 6.87. The molecule has 2 atom stereocenters. The topological polar surface area (TPSA) is 53.3 Å². The lowest BCUT2D eigenvalue weighted by molar-refractivity contribution is 0.472. The molecular weight excluding hydrogens is 356 g/mol. The van der Waals surface area contributed by atoms with Crippen LogP contribution in [0.3, 0.4) is 0 Å². The summed E-state index contributed by atoms with van der Waals surface area (Å²) in [5.74, 6) is 0.207. The van der Waals surface area contributed by atoms with E-state index < -0.39 is 0 Å². The summed E-state index contributed by atoms with van der Waals surface area (Å²) in [5, 5.41) is 14.5. The number of aryl methyl sites for hydroxylation is 1. The minimum absolute atomic E-state index is 0.111. The number of rotatable bonds is 3. The Bertz CT molecular complexity index is 999. The van der Waals surface area contributed by atoms with Gasteiger partial charge in [0.15, 0.2) is 5.11 Å². The molecule has 0 aliphatic carbocycles. The lowest BCUT2D eigenvalue weighted by Gasteiger charge is -2.28. The van der Waals surface area contributed by atoms with Crippen LogP contribution in [0.5, 0.6) is 5.75 Å². The van der Waals surface area contributed by atoms with Crippen molar-refractivity contribution in [3.8, 4) is 5.75 Å². The number of nitrogens with zero attached hydrogens (tertiary/aromatic N) is 3. The average molecular weight is 379 g/mol. The third-order valence-electron chi connectivity index (χ3n) is 5.37. The molecule has 3 heterocycles. The Hall–Kier alpha value is -2.86. The van der Waals surface area contributed by atoms with Crippen molar-refractivity contribution in [3.05, 3.63) is 77.4 Å². The third-order valence-corrected chi connectivity index (χ3v) is 5.69. The van der Waals surface area contributed by atoms with Crippen molar-refractivity contribution in [2.24, 2.45) is 7.05 Å². The summed E-state index contributed by atoms with van der Waals surface area (Å²) in [7, 11) is 2.06. The van der Waals surface area contributed by atoms with Gasteiger partial charge in [-0.05, 0) is 62.0 Å². The Morgan fingerprint density at radius 3 is 2.48 bits per heavy atom. The number of benzene rings is 1. The normalized spacial score (nSPS) is 19.4. The van der Waals surface area contributed by atoms with Gasteiger partial charge in [0, 0.05) is 24.6 Å². The van der Waals surface area contributed by atoms with Gasteiger partial charge in [0.1, 0.15) is 5.75 Å². The van der Waals surface area contributed by atoms with Gasteiger partial charge in [-0.1, -0.05) is 18.2 Å². The van der Waals surface area contributed by atoms with Crippen LogP contribution in [0.4, 0.5) is 5.69 Å². The summed E-state index contributed by atoms with van der Waals surface area (Å²) in [6.07, 6.45) is 1.79. The molecule has 3 aromatic rings. The molecule has 5 nitrogen and oxygen atoms in total. The van der Waals surface area contributed by atoms with Gasteiger partial charge >= 0.3 is 0 Å². The van der Waals surface area contributed by atoms with Crippen LogP contribution in [-0.4, -0.2) is 19.8 Å². The third kappa shape index (κ3) is 2.86. The number of aromatic hydroxyl groups is 1. The fourth-order valence-electron chi connectivity index (χ4n) is 3.78. The largest absolute Gasteiger partial charge is 0.506 e. The first-order valence-corrected chi connectivity index (χ1v) is 9.31. The molecule has 2 aromatic heterocycles. The quantitative estimate of drug-likeness (QED) is 0.677. The van der Waals surface area contributed by atoms with Crippen molar-refractivity contribution in [3.63, 3.8) is 0 Å². The number of nitrogens with one attached hydrogen (secondary N) is 1. The number of phenolic OH excluding ortho intramolecular Hbond substituents is 1. The van der Waals surface area contributed by atoms with Crippen LogP contribution >= 0.6 is 12.2 Å². The van der Waals surface area contributed by atoms with Gasteiger partial charge in [-0.25, -0.2) is 0 Å². The minimum atomic E-state index is -0.112. The Morgan fingerprint density at radius 1 is 1.11 bits per heavy atom. The zero-order chi connectivity index (χ0) is 19.1. The molecule has 0 unspecified atom stereocenters. The van der Waals surface area contributed by atoms with Crippen molar-refractivity contribution in [1.29, 1.82) is 0 Å². The number of hydrogen-bond donors (Lipinski definition) is 2. The van der Waals surface area contributed by atoms with Crippen molar-refractivity contribution in [2.45, 2.75) is 25.9 Å². The molecular formula is C21H22N4OS. The van der Waals surface area contributed by atoms with Gasteiger partial charge in [-0.2, -0.15) is 0 Å². The Morgan fingerprint density at radius 2 is 1.85 bits per heavy atom. The molecule has 0 amide bonds. The maximum Gasteiger partial charge on any atom is 0.174 e. The number of thiocarbonyl (C=S) groups is 1. The lowest BCUT2D eigenvalue weighted by Crippen LogP contribution is -2.29. The van der Waals surface area contributed by atoms with Gasteiger partial charge in [0.05, 0.1) is 23.5 Å². The molecule has 0 spiro atoms. The standard InChI is InChI=1S/C21H22N4OS/c1-13-12-15(14(2)24(13)3)20-19(16-8-6-7-11-22-16)23-21(27)25(20)17-9-4-5-10-18(17)26/h4-12,19-20,26H,1-3H3,(H,23,27)/t19-,20+/m0/s1. The Balaban J connectivity index is 1.91. The number of aromatic nitrogens is 2. The summed E-state index contributed by atoms with van der Waals surface area (Å²) in [5.41, 5.74) is 5.13. The van der Waals surface area contributed by atoms with Gasteiger partial charge < -0.3 is 19.9 Å². The fourth-order valence-corrected chi connectivity index (χ4v) is 4.12. The molecule has 27 heavy (non-hydrogen) atoms. The van der Waals surface area contributed by atoms with Gasteiger partial charge in [-0.15, -0.1) is 0 Å². The SMILES string of the molecule is Cc1cc([C@@H]2[C@H](c3ccccn3)NC(=S)N2c2ccccc2O)c(C)n1C.